The molecule has 0 aliphatic carbocycles. The zero-order valence-electron chi connectivity index (χ0n) is 5.87. The van der Waals surface area contributed by atoms with E-state index in [2.05, 4.69) is 0 Å². The smallest absolute Gasteiger partial charge is 0.290 e. The van der Waals surface area contributed by atoms with Crippen LogP contribution in [0.4, 0.5) is 0 Å². The molecule has 2 amide bonds. The molecule has 11 heavy (non-hydrogen) atoms. The minimum atomic E-state index is -0.594. The van der Waals surface area contributed by atoms with Crippen molar-refractivity contribution >= 4 is 17.6 Å². The second kappa shape index (κ2) is 2.69. The van der Waals surface area contributed by atoms with E-state index in [0.29, 0.717) is 6.54 Å². The molecule has 1 fully saturated rings. The van der Waals surface area contributed by atoms with Gasteiger partial charge in [-0.05, 0) is 0 Å². The number of nitrogens with zero attached hydrogens (tertiary/aromatic N) is 1. The zero-order valence-corrected chi connectivity index (χ0v) is 5.87. The molecular weight excluding hydrogens is 148 g/mol. The van der Waals surface area contributed by atoms with Gasteiger partial charge in [0, 0.05) is 13.0 Å². The number of nitrogens with two attached hydrogens (primary N) is 1. The van der Waals surface area contributed by atoms with E-state index in [1.54, 1.807) is 0 Å². The van der Waals surface area contributed by atoms with Gasteiger partial charge in [0.15, 0.2) is 0 Å². The van der Waals surface area contributed by atoms with Crippen molar-refractivity contribution in [1.29, 1.82) is 0 Å². The van der Waals surface area contributed by atoms with Gasteiger partial charge in [-0.2, -0.15) is 0 Å². The Kier molecular flexibility index (Phi) is 1.89. The van der Waals surface area contributed by atoms with E-state index in [0.717, 1.165) is 4.90 Å². The zero-order chi connectivity index (χ0) is 8.43. The summed E-state index contributed by atoms with van der Waals surface area (Å²) in [5, 5.41) is 0. The van der Waals surface area contributed by atoms with Crippen molar-refractivity contribution in [3.8, 4) is 0 Å². The minimum absolute atomic E-state index is 0.148. The summed E-state index contributed by atoms with van der Waals surface area (Å²) >= 11 is 0. The van der Waals surface area contributed by atoms with Crippen molar-refractivity contribution in [3.63, 3.8) is 0 Å². The van der Waals surface area contributed by atoms with Crippen molar-refractivity contribution in [2.24, 2.45) is 5.73 Å². The number of hydrogen-bond acceptors (Lipinski definition) is 3. The number of ketones is 1. The molecule has 1 saturated heterocycles. The van der Waals surface area contributed by atoms with Gasteiger partial charge in [-0.15, -0.1) is 0 Å². The van der Waals surface area contributed by atoms with Crippen molar-refractivity contribution in [2.45, 2.75) is 6.42 Å². The predicted molar refractivity (Wildman–Crippen MR) is 35.4 cm³/mol. The van der Waals surface area contributed by atoms with Crippen LogP contribution >= 0.6 is 0 Å². The molecular formula is C6H8N2O3. The maximum atomic E-state index is 10.8. The van der Waals surface area contributed by atoms with Crippen LogP contribution in [0.1, 0.15) is 6.42 Å². The van der Waals surface area contributed by atoms with Crippen LogP contribution in [0.15, 0.2) is 0 Å². The van der Waals surface area contributed by atoms with Gasteiger partial charge < -0.3 is 10.6 Å². The summed E-state index contributed by atoms with van der Waals surface area (Å²) in [6.45, 7) is 0.172. The molecule has 0 spiro atoms. The summed E-state index contributed by atoms with van der Waals surface area (Å²) in [4.78, 5) is 32.9. The highest BCUT2D eigenvalue weighted by atomic mass is 16.2. The van der Waals surface area contributed by atoms with Crippen LogP contribution in [0.25, 0.3) is 0 Å². The van der Waals surface area contributed by atoms with Gasteiger partial charge in [-0.25, -0.2) is 0 Å². The second-order valence-corrected chi connectivity index (χ2v) is 2.37. The second-order valence-electron chi connectivity index (χ2n) is 2.37. The highest BCUT2D eigenvalue weighted by Gasteiger charge is 2.29. The van der Waals surface area contributed by atoms with E-state index >= 15 is 0 Å². The average molecular weight is 156 g/mol. The third kappa shape index (κ3) is 1.54. The molecule has 5 heteroatoms. The molecule has 1 aliphatic rings. The lowest BCUT2D eigenvalue weighted by Crippen LogP contribution is -2.35. The molecule has 1 rings (SSSR count). The third-order valence-corrected chi connectivity index (χ3v) is 1.48. The Labute approximate surface area is 63.1 Å². The Morgan fingerprint density at radius 1 is 1.55 bits per heavy atom. The summed E-state index contributed by atoms with van der Waals surface area (Å²) < 4.78 is 0. The fourth-order valence-electron chi connectivity index (χ4n) is 0.960. The van der Waals surface area contributed by atoms with E-state index in [9.17, 15) is 14.4 Å². The van der Waals surface area contributed by atoms with Crippen molar-refractivity contribution in [1.82, 2.24) is 4.90 Å². The predicted octanol–water partition coefficient (Wildman–Crippen LogP) is -1.73. The van der Waals surface area contributed by atoms with Gasteiger partial charge >= 0.3 is 0 Å². The molecule has 0 atom stereocenters. The highest BCUT2D eigenvalue weighted by molar-refractivity contribution is 6.38. The number of Topliss-reactive ketones (excluding diaryl/α,β-unsaturated/α-hetero) is 1. The number of likely N-dealkylation sites (tertiary alicyclic amines) is 1. The molecule has 5 nitrogen and oxygen atoms in total. The van der Waals surface area contributed by atoms with Crippen molar-refractivity contribution in [3.05, 3.63) is 0 Å². The fraction of sp³-hybridized carbons (Fsp3) is 0.500. The van der Waals surface area contributed by atoms with Gasteiger partial charge in [0.2, 0.25) is 11.7 Å². The number of primary amides is 1. The quantitative estimate of drug-likeness (QED) is 0.482. The maximum Gasteiger partial charge on any atom is 0.290 e. The van der Waals surface area contributed by atoms with Crippen LogP contribution in [0.5, 0.6) is 0 Å². The van der Waals surface area contributed by atoms with Gasteiger partial charge in [0.1, 0.15) is 0 Å². The van der Waals surface area contributed by atoms with E-state index in [-0.39, 0.29) is 13.0 Å². The van der Waals surface area contributed by atoms with Crippen LogP contribution in [-0.2, 0) is 14.4 Å². The molecule has 0 radical (unpaired) electrons. The highest BCUT2D eigenvalue weighted by Crippen LogP contribution is 2.04. The van der Waals surface area contributed by atoms with Crippen molar-refractivity contribution in [2.75, 3.05) is 13.1 Å². The van der Waals surface area contributed by atoms with Crippen LogP contribution in [0.2, 0.25) is 0 Å². The molecule has 1 aliphatic heterocycles. The molecule has 0 aromatic rings. The average Bonchev–Trinajstić information content (AvgIpc) is 2.18. The maximum absolute atomic E-state index is 10.8. The topological polar surface area (TPSA) is 80.5 Å². The summed E-state index contributed by atoms with van der Waals surface area (Å²) in [5.41, 5.74) is 4.84. The summed E-state index contributed by atoms with van der Waals surface area (Å²) in [5.74, 6) is -1.62. The van der Waals surface area contributed by atoms with E-state index < -0.39 is 17.6 Å². The number of rotatable bonds is 2. The van der Waals surface area contributed by atoms with Gasteiger partial charge in [0.25, 0.3) is 5.91 Å². The monoisotopic (exact) mass is 156 g/mol. The fourth-order valence-corrected chi connectivity index (χ4v) is 0.960. The van der Waals surface area contributed by atoms with E-state index in [4.69, 9.17) is 5.73 Å². The van der Waals surface area contributed by atoms with Gasteiger partial charge in [-0.1, -0.05) is 0 Å². The van der Waals surface area contributed by atoms with E-state index in [1.807, 2.05) is 0 Å². The molecule has 0 bridgehead atoms. The molecule has 0 unspecified atom stereocenters. The van der Waals surface area contributed by atoms with Crippen LogP contribution in [0, 0.1) is 0 Å². The largest absolute Gasteiger partial charge is 0.368 e. The number of carbonyl (C=O) groups excluding carboxylic acids is 3. The number of hydrogen-bond donors (Lipinski definition) is 1. The Balaban J connectivity index is 2.55. The lowest BCUT2D eigenvalue weighted by Gasteiger charge is -2.10. The molecule has 60 valence electrons. The molecule has 2 N–H and O–H groups in total. The molecule has 0 aromatic heterocycles. The lowest BCUT2D eigenvalue weighted by molar-refractivity contribution is -0.141. The standard InChI is InChI=1S/C6H8N2O3/c7-5(10)3-8-2-1-4(9)6(8)11/h1-3H2,(H2,7,10). The van der Waals surface area contributed by atoms with Crippen LogP contribution < -0.4 is 5.73 Å². The minimum Gasteiger partial charge on any atom is -0.368 e. The Morgan fingerprint density at radius 2 is 2.18 bits per heavy atom. The first-order chi connectivity index (χ1) is 5.11. The normalized spacial score (nSPS) is 17.6. The number of amides is 2. The Hall–Kier alpha value is -1.39. The Bertz CT molecular complexity index is 224. The van der Waals surface area contributed by atoms with E-state index in [1.165, 1.54) is 0 Å². The van der Waals surface area contributed by atoms with Crippen molar-refractivity contribution < 1.29 is 14.4 Å². The first-order valence-electron chi connectivity index (χ1n) is 3.21. The molecule has 0 saturated carbocycles. The molecule has 1 heterocycles. The van der Waals surface area contributed by atoms with Gasteiger partial charge in [0.05, 0.1) is 6.54 Å². The first-order valence-corrected chi connectivity index (χ1v) is 3.21. The van der Waals surface area contributed by atoms with Gasteiger partial charge in [-0.3, -0.25) is 14.4 Å². The Morgan fingerprint density at radius 3 is 2.55 bits per heavy atom. The van der Waals surface area contributed by atoms with Crippen LogP contribution in [0.3, 0.4) is 0 Å². The third-order valence-electron chi connectivity index (χ3n) is 1.48. The summed E-state index contributed by atoms with van der Waals surface area (Å²) in [6, 6.07) is 0. The SMILES string of the molecule is NC(=O)CN1CCC(=O)C1=O. The summed E-state index contributed by atoms with van der Waals surface area (Å²) in [6.07, 6.45) is 0.201. The number of carbonyl (C=O) groups is 3. The lowest BCUT2D eigenvalue weighted by atomic mass is 10.3. The summed E-state index contributed by atoms with van der Waals surface area (Å²) in [7, 11) is 0. The van der Waals surface area contributed by atoms with Crippen LogP contribution in [-0.4, -0.2) is 35.6 Å². The molecule has 0 aromatic carbocycles. The first kappa shape index (κ1) is 7.71.